The van der Waals surface area contributed by atoms with Crippen LogP contribution in [0.1, 0.15) is 24.0 Å². The highest BCUT2D eigenvalue weighted by molar-refractivity contribution is 9.09. The number of benzene rings is 2. The molecule has 0 aliphatic heterocycles. The molecule has 0 saturated carbocycles. The Labute approximate surface area is 159 Å². The van der Waals surface area contributed by atoms with Gasteiger partial charge in [0, 0.05) is 18.9 Å². The highest BCUT2D eigenvalue weighted by Gasteiger charge is 2.10. The highest BCUT2D eigenvalue weighted by atomic mass is 79.9. The summed E-state index contributed by atoms with van der Waals surface area (Å²) in [5.74, 6) is 1.00. The van der Waals surface area contributed by atoms with Crippen molar-refractivity contribution < 1.29 is 9.53 Å². The van der Waals surface area contributed by atoms with Gasteiger partial charge in [-0.3, -0.25) is 4.79 Å². The van der Waals surface area contributed by atoms with Crippen molar-refractivity contribution >= 4 is 21.8 Å². The number of likely N-dealkylation sites (N-methyl/N-ethyl adjacent to an activating group) is 1. The minimum atomic E-state index is 0.141. The van der Waals surface area contributed by atoms with Crippen LogP contribution in [0.25, 0.3) is 0 Å². The molecule has 0 bridgehead atoms. The molecule has 0 heterocycles. The molecule has 134 valence electrons. The number of ether oxygens (including phenoxy) is 1. The minimum Gasteiger partial charge on any atom is -0.494 e. The third kappa shape index (κ3) is 7.30. The summed E-state index contributed by atoms with van der Waals surface area (Å²) in [6.45, 7) is 1.46. The van der Waals surface area contributed by atoms with Crippen molar-refractivity contribution in [2.75, 3.05) is 25.5 Å². The topological polar surface area (TPSA) is 29.5 Å². The second kappa shape index (κ2) is 10.9. The number of hydrogen-bond acceptors (Lipinski definition) is 2. The van der Waals surface area contributed by atoms with Crippen LogP contribution in [0.4, 0.5) is 0 Å². The van der Waals surface area contributed by atoms with Gasteiger partial charge in [0.2, 0.25) is 5.91 Å². The molecule has 0 atom stereocenters. The van der Waals surface area contributed by atoms with Crippen LogP contribution < -0.4 is 4.74 Å². The average molecular weight is 404 g/mol. The van der Waals surface area contributed by atoms with Gasteiger partial charge in [0.1, 0.15) is 5.75 Å². The van der Waals surface area contributed by atoms with Gasteiger partial charge in [-0.05, 0) is 42.5 Å². The molecular weight excluding hydrogens is 378 g/mol. The lowest BCUT2D eigenvalue weighted by atomic mass is 10.1. The molecule has 0 saturated heterocycles. The van der Waals surface area contributed by atoms with E-state index in [2.05, 4.69) is 28.1 Å². The number of rotatable bonds is 10. The zero-order valence-electron chi connectivity index (χ0n) is 14.8. The molecular formula is C21H26BrNO2. The number of amides is 1. The van der Waals surface area contributed by atoms with E-state index >= 15 is 0 Å². The molecule has 0 aromatic heterocycles. The lowest BCUT2D eigenvalue weighted by Gasteiger charge is -2.17. The Morgan fingerprint density at radius 3 is 2.40 bits per heavy atom. The molecule has 4 heteroatoms. The summed E-state index contributed by atoms with van der Waals surface area (Å²) >= 11 is 3.41. The van der Waals surface area contributed by atoms with Crippen LogP contribution in [0, 0.1) is 0 Å². The van der Waals surface area contributed by atoms with E-state index in [1.54, 1.807) is 4.90 Å². The van der Waals surface area contributed by atoms with Gasteiger partial charge in [-0.15, -0.1) is 0 Å². The number of hydrogen-bond donors (Lipinski definition) is 0. The molecule has 2 aromatic rings. The van der Waals surface area contributed by atoms with E-state index in [-0.39, 0.29) is 5.91 Å². The quantitative estimate of drug-likeness (QED) is 0.432. The van der Waals surface area contributed by atoms with Crippen molar-refractivity contribution in [3.63, 3.8) is 0 Å². The van der Waals surface area contributed by atoms with Crippen LogP contribution >= 0.6 is 15.9 Å². The van der Waals surface area contributed by atoms with Crippen LogP contribution in [0.5, 0.6) is 5.75 Å². The molecule has 0 N–H and O–H groups in total. The van der Waals surface area contributed by atoms with Crippen molar-refractivity contribution in [1.29, 1.82) is 0 Å². The second-order valence-corrected chi connectivity index (χ2v) is 6.91. The number of alkyl halides is 1. The largest absolute Gasteiger partial charge is 0.494 e. The molecule has 0 unspecified atom stereocenters. The van der Waals surface area contributed by atoms with E-state index in [1.807, 2.05) is 49.5 Å². The lowest BCUT2D eigenvalue weighted by Crippen LogP contribution is -2.30. The molecule has 0 spiro atoms. The van der Waals surface area contributed by atoms with Gasteiger partial charge in [-0.2, -0.15) is 0 Å². The first-order chi connectivity index (χ1) is 12.2. The SMILES string of the molecule is CN(CCc1ccccc1)C(=O)Cc1ccc(OCCCCBr)cc1. The summed E-state index contributed by atoms with van der Waals surface area (Å²) in [5.41, 5.74) is 2.27. The van der Waals surface area contributed by atoms with E-state index in [4.69, 9.17) is 4.74 Å². The van der Waals surface area contributed by atoms with Crippen LogP contribution in [-0.4, -0.2) is 36.3 Å². The van der Waals surface area contributed by atoms with E-state index in [9.17, 15) is 4.79 Å². The number of halogens is 1. The van der Waals surface area contributed by atoms with Gasteiger partial charge in [0.25, 0.3) is 0 Å². The Morgan fingerprint density at radius 1 is 1.00 bits per heavy atom. The summed E-state index contributed by atoms with van der Waals surface area (Å²) in [6, 6.07) is 18.1. The van der Waals surface area contributed by atoms with Crippen LogP contribution in [0.3, 0.4) is 0 Å². The van der Waals surface area contributed by atoms with Crippen LogP contribution in [-0.2, 0) is 17.6 Å². The summed E-state index contributed by atoms with van der Waals surface area (Å²) in [7, 11) is 1.87. The van der Waals surface area contributed by atoms with Crippen molar-refractivity contribution in [2.45, 2.75) is 25.7 Å². The third-order valence-electron chi connectivity index (χ3n) is 4.08. The van der Waals surface area contributed by atoms with Gasteiger partial charge in [-0.1, -0.05) is 58.4 Å². The monoisotopic (exact) mass is 403 g/mol. The maximum atomic E-state index is 12.4. The fraction of sp³-hybridized carbons (Fsp3) is 0.381. The van der Waals surface area contributed by atoms with Gasteiger partial charge in [-0.25, -0.2) is 0 Å². The predicted octanol–water partition coefficient (Wildman–Crippen LogP) is 4.48. The molecule has 3 nitrogen and oxygen atoms in total. The molecule has 2 rings (SSSR count). The Bertz CT molecular complexity index is 628. The Morgan fingerprint density at radius 2 is 1.72 bits per heavy atom. The highest BCUT2D eigenvalue weighted by Crippen LogP contribution is 2.14. The lowest BCUT2D eigenvalue weighted by molar-refractivity contribution is -0.129. The second-order valence-electron chi connectivity index (χ2n) is 6.12. The van der Waals surface area contributed by atoms with E-state index < -0.39 is 0 Å². The number of nitrogens with zero attached hydrogens (tertiary/aromatic N) is 1. The first kappa shape index (κ1) is 19.5. The fourth-order valence-corrected chi connectivity index (χ4v) is 2.86. The van der Waals surface area contributed by atoms with E-state index in [1.165, 1.54) is 5.56 Å². The summed E-state index contributed by atoms with van der Waals surface area (Å²) in [6.07, 6.45) is 3.46. The molecule has 0 radical (unpaired) electrons. The smallest absolute Gasteiger partial charge is 0.226 e. The Kier molecular flexibility index (Phi) is 8.53. The predicted molar refractivity (Wildman–Crippen MR) is 106 cm³/mol. The van der Waals surface area contributed by atoms with E-state index in [0.717, 1.165) is 49.1 Å². The van der Waals surface area contributed by atoms with Gasteiger partial charge in [0.15, 0.2) is 0 Å². The van der Waals surface area contributed by atoms with Crippen LogP contribution in [0.2, 0.25) is 0 Å². The maximum absolute atomic E-state index is 12.4. The van der Waals surface area contributed by atoms with Crippen molar-refractivity contribution in [2.24, 2.45) is 0 Å². The Balaban J connectivity index is 1.75. The molecule has 25 heavy (non-hydrogen) atoms. The first-order valence-corrected chi connectivity index (χ1v) is 9.87. The van der Waals surface area contributed by atoms with E-state index in [0.29, 0.717) is 6.42 Å². The minimum absolute atomic E-state index is 0.141. The maximum Gasteiger partial charge on any atom is 0.226 e. The zero-order chi connectivity index (χ0) is 17.9. The van der Waals surface area contributed by atoms with Crippen molar-refractivity contribution in [3.05, 3.63) is 65.7 Å². The number of carbonyl (C=O) groups is 1. The standard InChI is InChI=1S/C21H26BrNO2/c1-23(15-13-18-7-3-2-4-8-18)21(24)17-19-9-11-20(12-10-19)25-16-6-5-14-22/h2-4,7-12H,5-6,13-17H2,1H3. The fourth-order valence-electron chi connectivity index (χ4n) is 2.47. The molecule has 1 amide bonds. The summed E-state index contributed by atoms with van der Waals surface area (Å²) < 4.78 is 5.69. The van der Waals surface area contributed by atoms with Gasteiger partial charge < -0.3 is 9.64 Å². The molecule has 2 aromatic carbocycles. The zero-order valence-corrected chi connectivity index (χ0v) is 16.4. The van der Waals surface area contributed by atoms with Crippen LogP contribution in [0.15, 0.2) is 54.6 Å². The number of unbranched alkanes of at least 4 members (excludes halogenated alkanes) is 1. The number of carbonyl (C=O) groups excluding carboxylic acids is 1. The van der Waals surface area contributed by atoms with Crippen molar-refractivity contribution in [1.82, 2.24) is 4.90 Å². The summed E-state index contributed by atoms with van der Waals surface area (Å²) in [5, 5.41) is 1.01. The Hall–Kier alpha value is -1.81. The van der Waals surface area contributed by atoms with Gasteiger partial charge >= 0.3 is 0 Å². The molecule has 0 aliphatic carbocycles. The first-order valence-electron chi connectivity index (χ1n) is 8.74. The summed E-state index contributed by atoms with van der Waals surface area (Å²) in [4.78, 5) is 14.2. The molecule has 0 fully saturated rings. The normalized spacial score (nSPS) is 10.5. The third-order valence-corrected chi connectivity index (χ3v) is 4.64. The average Bonchev–Trinajstić information content (AvgIpc) is 2.65. The van der Waals surface area contributed by atoms with Crippen molar-refractivity contribution in [3.8, 4) is 5.75 Å². The molecule has 0 aliphatic rings. The van der Waals surface area contributed by atoms with Gasteiger partial charge in [0.05, 0.1) is 13.0 Å².